The molecule has 0 saturated carbocycles. The highest BCUT2D eigenvalue weighted by Gasteiger charge is 2.32. The number of carbonyl (C=O) groups excluding carboxylic acids is 1. The average molecular weight is 369 g/mol. The Morgan fingerprint density at radius 2 is 1.56 bits per heavy atom. The third-order valence-electron chi connectivity index (χ3n) is 4.67. The Hall–Kier alpha value is -2.82. The summed E-state index contributed by atoms with van der Waals surface area (Å²) >= 11 is 0. The number of ether oxygens (including phenoxy) is 1. The maximum Gasteiger partial charge on any atom is 0.341 e. The van der Waals surface area contributed by atoms with Gasteiger partial charge in [-0.3, -0.25) is 4.79 Å². The van der Waals surface area contributed by atoms with E-state index in [1.807, 2.05) is 38.1 Å². The first kappa shape index (κ1) is 20.5. The van der Waals surface area contributed by atoms with Crippen molar-refractivity contribution < 1.29 is 19.4 Å². The molecule has 0 atom stereocenters. The fourth-order valence-corrected chi connectivity index (χ4v) is 2.94. The number of amides is 1. The van der Waals surface area contributed by atoms with Crippen LogP contribution in [-0.4, -0.2) is 35.5 Å². The molecule has 0 radical (unpaired) electrons. The van der Waals surface area contributed by atoms with E-state index in [0.29, 0.717) is 12.3 Å². The Morgan fingerprint density at radius 3 is 2.07 bits per heavy atom. The minimum absolute atomic E-state index is 0.0398. The van der Waals surface area contributed by atoms with Gasteiger partial charge in [0.05, 0.1) is 5.41 Å². The van der Waals surface area contributed by atoms with Gasteiger partial charge >= 0.3 is 5.97 Å². The maximum absolute atomic E-state index is 13.0. The van der Waals surface area contributed by atoms with Crippen LogP contribution in [-0.2, 0) is 28.0 Å². The molecular formula is C22H27NO4. The summed E-state index contributed by atoms with van der Waals surface area (Å²) in [6.07, 6.45) is 0.973. The van der Waals surface area contributed by atoms with Gasteiger partial charge in [0.2, 0.25) is 5.91 Å². The molecule has 27 heavy (non-hydrogen) atoms. The van der Waals surface area contributed by atoms with Crippen molar-refractivity contribution in [1.82, 2.24) is 4.90 Å². The summed E-state index contributed by atoms with van der Waals surface area (Å²) < 4.78 is 5.13. The Balaban J connectivity index is 2.04. The number of hydrogen-bond donors (Lipinski definition) is 1. The van der Waals surface area contributed by atoms with E-state index >= 15 is 0 Å². The lowest BCUT2D eigenvalue weighted by Gasteiger charge is -2.30. The first-order chi connectivity index (χ1) is 12.7. The van der Waals surface area contributed by atoms with Crippen LogP contribution in [0.15, 0.2) is 48.5 Å². The zero-order chi connectivity index (χ0) is 20.0. The maximum atomic E-state index is 13.0. The second-order valence-corrected chi connectivity index (χ2v) is 7.16. The molecule has 0 saturated heterocycles. The van der Waals surface area contributed by atoms with E-state index in [0.717, 1.165) is 17.5 Å². The molecule has 0 aliphatic rings. The number of carboxylic acids is 1. The van der Waals surface area contributed by atoms with Crippen LogP contribution in [0.5, 0.6) is 5.75 Å². The number of benzene rings is 2. The topological polar surface area (TPSA) is 66.8 Å². The van der Waals surface area contributed by atoms with Gasteiger partial charge in [0.1, 0.15) is 5.75 Å². The van der Waals surface area contributed by atoms with Gasteiger partial charge in [-0.25, -0.2) is 4.79 Å². The molecule has 1 N–H and O–H groups in total. The molecule has 0 bridgehead atoms. The summed E-state index contributed by atoms with van der Waals surface area (Å²) in [5.41, 5.74) is 2.58. The molecule has 1 amide bonds. The zero-order valence-corrected chi connectivity index (χ0v) is 16.4. The van der Waals surface area contributed by atoms with E-state index in [1.54, 1.807) is 24.1 Å². The first-order valence-corrected chi connectivity index (χ1v) is 9.02. The minimum atomic E-state index is -1.02. The molecular weight excluding hydrogens is 342 g/mol. The predicted molar refractivity (Wildman–Crippen MR) is 105 cm³/mol. The quantitative estimate of drug-likeness (QED) is 0.771. The number of aryl methyl sites for hydroxylation is 1. The van der Waals surface area contributed by atoms with E-state index < -0.39 is 11.4 Å². The van der Waals surface area contributed by atoms with Crippen LogP contribution in [0.25, 0.3) is 0 Å². The largest absolute Gasteiger partial charge is 0.482 e. The van der Waals surface area contributed by atoms with Crippen molar-refractivity contribution in [1.29, 1.82) is 0 Å². The van der Waals surface area contributed by atoms with Crippen molar-refractivity contribution in [3.05, 3.63) is 65.2 Å². The van der Waals surface area contributed by atoms with Gasteiger partial charge < -0.3 is 14.7 Å². The van der Waals surface area contributed by atoms with Crippen LogP contribution < -0.4 is 4.74 Å². The minimum Gasteiger partial charge on any atom is -0.482 e. The van der Waals surface area contributed by atoms with E-state index in [1.165, 1.54) is 5.56 Å². The second kappa shape index (κ2) is 8.71. The molecule has 5 heteroatoms. The number of rotatable bonds is 8. The summed E-state index contributed by atoms with van der Waals surface area (Å²) in [6, 6.07) is 15.3. The highest BCUT2D eigenvalue weighted by Crippen LogP contribution is 2.26. The van der Waals surface area contributed by atoms with E-state index in [4.69, 9.17) is 9.84 Å². The third-order valence-corrected chi connectivity index (χ3v) is 4.67. The molecule has 0 unspecified atom stereocenters. The van der Waals surface area contributed by atoms with Gasteiger partial charge in [0, 0.05) is 13.6 Å². The fourth-order valence-electron chi connectivity index (χ4n) is 2.94. The third kappa shape index (κ3) is 5.33. The van der Waals surface area contributed by atoms with Crippen molar-refractivity contribution in [2.24, 2.45) is 0 Å². The Bertz CT molecular complexity index is 779. The summed E-state index contributed by atoms with van der Waals surface area (Å²) in [5.74, 6) is -0.483. The lowest BCUT2D eigenvalue weighted by molar-refractivity contribution is -0.139. The normalized spacial score (nSPS) is 11.1. The van der Waals surface area contributed by atoms with Gasteiger partial charge in [-0.2, -0.15) is 0 Å². The van der Waals surface area contributed by atoms with Crippen LogP contribution in [0.2, 0.25) is 0 Å². The smallest absolute Gasteiger partial charge is 0.341 e. The van der Waals surface area contributed by atoms with Crippen LogP contribution in [0, 0.1) is 0 Å². The molecule has 5 nitrogen and oxygen atoms in total. The molecule has 2 aromatic carbocycles. The van der Waals surface area contributed by atoms with Gasteiger partial charge in [0.25, 0.3) is 0 Å². The van der Waals surface area contributed by atoms with E-state index in [9.17, 15) is 9.59 Å². The lowest BCUT2D eigenvalue weighted by atomic mass is 9.82. The van der Waals surface area contributed by atoms with Crippen LogP contribution in [0.1, 0.15) is 37.5 Å². The standard InChI is InChI=1S/C22H27NO4/c1-5-16-6-10-18(11-7-16)22(2,3)21(26)23(4)14-17-8-12-19(13-9-17)27-15-20(24)25/h6-13H,5,14-15H2,1-4H3,(H,24,25). The Kier molecular flexibility index (Phi) is 6.61. The molecule has 0 aromatic heterocycles. The summed E-state index contributed by atoms with van der Waals surface area (Å²) in [5, 5.41) is 8.64. The molecule has 144 valence electrons. The van der Waals surface area contributed by atoms with Gasteiger partial charge in [0.15, 0.2) is 6.61 Å². The number of likely N-dealkylation sites (N-methyl/N-ethyl adjacent to an activating group) is 1. The monoisotopic (exact) mass is 369 g/mol. The summed E-state index contributed by atoms with van der Waals surface area (Å²) in [7, 11) is 1.79. The van der Waals surface area contributed by atoms with Crippen LogP contribution >= 0.6 is 0 Å². The van der Waals surface area contributed by atoms with Crippen molar-refractivity contribution in [2.45, 2.75) is 39.2 Å². The molecule has 0 aliphatic heterocycles. The van der Waals surface area contributed by atoms with E-state index in [-0.39, 0.29) is 12.5 Å². The Labute approximate surface area is 160 Å². The number of nitrogens with zero attached hydrogens (tertiary/aromatic N) is 1. The van der Waals surface area contributed by atoms with Crippen LogP contribution in [0.3, 0.4) is 0 Å². The number of carbonyl (C=O) groups is 2. The molecule has 2 aromatic rings. The number of carboxylic acid groups (broad SMARTS) is 1. The number of hydrogen-bond acceptors (Lipinski definition) is 3. The predicted octanol–water partition coefficient (Wildman–Crippen LogP) is 3.65. The van der Waals surface area contributed by atoms with Gasteiger partial charge in [-0.1, -0.05) is 43.3 Å². The second-order valence-electron chi connectivity index (χ2n) is 7.16. The fraction of sp³-hybridized carbons (Fsp3) is 0.364. The SMILES string of the molecule is CCc1ccc(C(C)(C)C(=O)N(C)Cc2ccc(OCC(=O)O)cc2)cc1. The average Bonchev–Trinajstić information content (AvgIpc) is 2.66. The van der Waals surface area contributed by atoms with Gasteiger partial charge in [-0.05, 0) is 49.1 Å². The molecule has 0 aliphatic carbocycles. The van der Waals surface area contributed by atoms with Crippen molar-refractivity contribution >= 4 is 11.9 Å². The summed E-state index contributed by atoms with van der Waals surface area (Å²) in [6.45, 7) is 6.08. The molecule has 0 heterocycles. The molecule has 0 spiro atoms. The summed E-state index contributed by atoms with van der Waals surface area (Å²) in [4.78, 5) is 25.3. The highest BCUT2D eigenvalue weighted by atomic mass is 16.5. The van der Waals surface area contributed by atoms with Crippen molar-refractivity contribution in [3.63, 3.8) is 0 Å². The Morgan fingerprint density at radius 1 is 1.00 bits per heavy atom. The lowest BCUT2D eigenvalue weighted by Crippen LogP contribution is -2.41. The molecule has 0 fully saturated rings. The van der Waals surface area contributed by atoms with Gasteiger partial charge in [-0.15, -0.1) is 0 Å². The zero-order valence-electron chi connectivity index (χ0n) is 16.4. The first-order valence-electron chi connectivity index (χ1n) is 9.02. The van der Waals surface area contributed by atoms with Crippen molar-refractivity contribution in [3.8, 4) is 5.75 Å². The molecule has 2 rings (SSSR count). The van der Waals surface area contributed by atoms with Crippen molar-refractivity contribution in [2.75, 3.05) is 13.7 Å². The number of aliphatic carboxylic acids is 1. The van der Waals surface area contributed by atoms with Crippen LogP contribution in [0.4, 0.5) is 0 Å². The highest BCUT2D eigenvalue weighted by molar-refractivity contribution is 5.87. The van der Waals surface area contributed by atoms with E-state index in [2.05, 4.69) is 19.1 Å².